The smallest absolute Gasteiger partial charge is 0.0739 e. The highest BCUT2D eigenvalue weighted by molar-refractivity contribution is 7.78. The third-order valence-electron chi connectivity index (χ3n) is 2.74. The predicted octanol–water partition coefficient (Wildman–Crippen LogP) is 4.84. The van der Waals surface area contributed by atoms with Crippen LogP contribution in [0.2, 0.25) is 0 Å². The molecule has 1 aliphatic rings. The Morgan fingerprint density at radius 2 is 1.61 bits per heavy atom. The van der Waals surface area contributed by atoms with E-state index < -0.39 is 0 Å². The first-order valence-corrected chi connectivity index (χ1v) is 6.88. The second kappa shape index (κ2) is 9.81. The second-order valence-corrected chi connectivity index (χ2v) is 4.42. The Morgan fingerprint density at radius 3 is 2.17 bits per heavy atom. The summed E-state index contributed by atoms with van der Waals surface area (Å²) in [6.07, 6.45) is 6.48. The molecule has 94 valence electrons. The average Bonchev–Trinajstić information content (AvgIpc) is 2.43. The molecule has 0 atom stereocenters. The van der Waals surface area contributed by atoms with E-state index in [1.54, 1.807) is 0 Å². The zero-order chi connectivity index (χ0) is 13.1. The highest BCUT2D eigenvalue weighted by atomic mass is 32.1. The lowest BCUT2D eigenvalue weighted by Gasteiger charge is -2.15. The molecule has 1 aromatic carbocycles. The van der Waals surface area contributed by atoms with Gasteiger partial charge in [0.15, 0.2) is 0 Å². The number of aliphatic imine (C=N–C) groups is 2. The van der Waals surface area contributed by atoms with E-state index in [0.717, 1.165) is 5.69 Å². The summed E-state index contributed by atoms with van der Waals surface area (Å²) in [5.41, 5.74) is 0.854. The van der Waals surface area contributed by atoms with Crippen LogP contribution in [0.15, 0.2) is 40.3 Å². The SMILES string of the molecule is S=C=NC1CCCCC1.S=C=Nc1ccccc1. The van der Waals surface area contributed by atoms with Crippen molar-refractivity contribution in [3.63, 3.8) is 0 Å². The van der Waals surface area contributed by atoms with Gasteiger partial charge in [-0.15, -0.1) is 0 Å². The van der Waals surface area contributed by atoms with Gasteiger partial charge in [-0.25, -0.2) is 4.99 Å². The van der Waals surface area contributed by atoms with E-state index >= 15 is 0 Å². The minimum atomic E-state index is 0.510. The fourth-order valence-corrected chi connectivity index (χ4v) is 2.09. The molecule has 0 bridgehead atoms. The van der Waals surface area contributed by atoms with Crippen LogP contribution in [0, 0.1) is 0 Å². The van der Waals surface area contributed by atoms with Gasteiger partial charge < -0.3 is 0 Å². The molecule has 0 heterocycles. The summed E-state index contributed by atoms with van der Waals surface area (Å²) in [5.74, 6) is 0. The van der Waals surface area contributed by atoms with Gasteiger partial charge in [-0.1, -0.05) is 37.5 Å². The van der Waals surface area contributed by atoms with Gasteiger partial charge in [-0.05, 0) is 49.4 Å². The van der Waals surface area contributed by atoms with Gasteiger partial charge in [-0.2, -0.15) is 4.99 Å². The van der Waals surface area contributed by atoms with E-state index in [1.165, 1.54) is 32.1 Å². The number of isothiocyanates is 2. The van der Waals surface area contributed by atoms with Gasteiger partial charge in [0.05, 0.1) is 22.1 Å². The summed E-state index contributed by atoms with van der Waals surface area (Å²) in [5, 5.41) is 4.74. The van der Waals surface area contributed by atoms with E-state index in [4.69, 9.17) is 0 Å². The van der Waals surface area contributed by atoms with Crippen LogP contribution >= 0.6 is 24.4 Å². The monoisotopic (exact) mass is 276 g/mol. The Labute approximate surface area is 119 Å². The molecule has 2 rings (SSSR count). The van der Waals surface area contributed by atoms with Crippen LogP contribution in [0.5, 0.6) is 0 Å². The quantitative estimate of drug-likeness (QED) is 0.570. The summed E-state index contributed by atoms with van der Waals surface area (Å²) >= 11 is 8.93. The first-order chi connectivity index (χ1) is 8.86. The summed E-state index contributed by atoms with van der Waals surface area (Å²) < 4.78 is 0. The maximum absolute atomic E-state index is 4.52. The second-order valence-electron chi connectivity index (χ2n) is 4.05. The number of hydrogen-bond acceptors (Lipinski definition) is 4. The van der Waals surface area contributed by atoms with Crippen molar-refractivity contribution in [3.05, 3.63) is 30.3 Å². The van der Waals surface area contributed by atoms with Crippen LogP contribution in [0.1, 0.15) is 32.1 Å². The molecule has 18 heavy (non-hydrogen) atoms. The Kier molecular flexibility index (Phi) is 8.11. The molecule has 0 spiro atoms. The number of para-hydroxylation sites is 1. The first-order valence-electron chi connectivity index (χ1n) is 6.06. The zero-order valence-corrected chi connectivity index (χ0v) is 11.8. The lowest BCUT2D eigenvalue weighted by atomic mass is 9.96. The van der Waals surface area contributed by atoms with Gasteiger partial charge in [-0.3, -0.25) is 0 Å². The molecular formula is C14H16N2S2. The number of nitrogens with zero attached hydrogens (tertiary/aromatic N) is 2. The van der Waals surface area contributed by atoms with Crippen molar-refractivity contribution in [1.29, 1.82) is 0 Å². The Morgan fingerprint density at radius 1 is 0.944 bits per heavy atom. The molecule has 0 unspecified atom stereocenters. The molecule has 1 fully saturated rings. The van der Waals surface area contributed by atoms with Crippen molar-refractivity contribution >= 4 is 40.4 Å². The van der Waals surface area contributed by atoms with Gasteiger partial charge in [0.25, 0.3) is 0 Å². The van der Waals surface area contributed by atoms with Crippen LogP contribution in [0.25, 0.3) is 0 Å². The number of thiocarbonyl (C=S) groups is 2. The molecular weight excluding hydrogens is 260 g/mol. The Bertz CT molecular complexity index is 426. The molecule has 0 N–H and O–H groups in total. The largest absolute Gasteiger partial charge is 0.229 e. The van der Waals surface area contributed by atoms with E-state index in [9.17, 15) is 0 Å². The van der Waals surface area contributed by atoms with Crippen LogP contribution in [0.4, 0.5) is 5.69 Å². The average molecular weight is 276 g/mol. The fourth-order valence-electron chi connectivity index (χ4n) is 1.84. The number of rotatable bonds is 2. The van der Waals surface area contributed by atoms with Crippen LogP contribution in [-0.4, -0.2) is 16.4 Å². The molecule has 2 nitrogen and oxygen atoms in total. The van der Waals surface area contributed by atoms with Crippen LogP contribution < -0.4 is 0 Å². The molecule has 0 aromatic heterocycles. The maximum Gasteiger partial charge on any atom is 0.0739 e. The third-order valence-corrected chi connectivity index (χ3v) is 2.94. The normalized spacial score (nSPS) is 14.4. The van der Waals surface area contributed by atoms with Gasteiger partial charge in [0.2, 0.25) is 0 Å². The van der Waals surface area contributed by atoms with Gasteiger partial charge >= 0.3 is 0 Å². The van der Waals surface area contributed by atoms with Crippen LogP contribution in [-0.2, 0) is 0 Å². The van der Waals surface area contributed by atoms with Gasteiger partial charge in [0.1, 0.15) is 0 Å². The minimum absolute atomic E-state index is 0.510. The standard InChI is InChI=1S/C7H11NS.C7H5NS/c2*9-6-8-7-4-2-1-3-5-7/h7H,1-5H2;1-5H. The van der Waals surface area contributed by atoms with Crippen LogP contribution in [0.3, 0.4) is 0 Å². The van der Waals surface area contributed by atoms with Crippen molar-refractivity contribution < 1.29 is 0 Å². The highest BCUT2D eigenvalue weighted by Gasteiger charge is 2.10. The topological polar surface area (TPSA) is 24.7 Å². The van der Waals surface area contributed by atoms with E-state index in [2.05, 4.69) is 44.7 Å². The Hall–Kier alpha value is -1.18. The highest BCUT2D eigenvalue weighted by Crippen LogP contribution is 2.19. The molecule has 1 aliphatic carbocycles. The van der Waals surface area contributed by atoms with Crippen molar-refractivity contribution in [1.82, 2.24) is 0 Å². The van der Waals surface area contributed by atoms with E-state index in [1.807, 2.05) is 30.3 Å². The summed E-state index contributed by atoms with van der Waals surface area (Å²) in [7, 11) is 0. The molecule has 0 saturated heterocycles. The Balaban J connectivity index is 0.000000180. The summed E-state index contributed by atoms with van der Waals surface area (Å²) in [6.45, 7) is 0. The van der Waals surface area contributed by atoms with E-state index in [0.29, 0.717) is 6.04 Å². The molecule has 1 aromatic rings. The first kappa shape index (κ1) is 14.9. The number of benzene rings is 1. The fraction of sp³-hybridized carbons (Fsp3) is 0.429. The maximum atomic E-state index is 4.52. The number of hydrogen-bond donors (Lipinski definition) is 0. The minimum Gasteiger partial charge on any atom is -0.229 e. The summed E-state index contributed by atoms with van der Waals surface area (Å²) in [6, 6.07) is 10.0. The molecule has 0 aliphatic heterocycles. The van der Waals surface area contributed by atoms with E-state index in [-0.39, 0.29) is 0 Å². The van der Waals surface area contributed by atoms with Gasteiger partial charge in [0, 0.05) is 0 Å². The van der Waals surface area contributed by atoms with Crippen molar-refractivity contribution in [2.45, 2.75) is 38.1 Å². The van der Waals surface area contributed by atoms with Crippen molar-refractivity contribution in [3.8, 4) is 0 Å². The zero-order valence-electron chi connectivity index (χ0n) is 10.2. The molecule has 1 saturated carbocycles. The molecule has 0 amide bonds. The van der Waals surface area contributed by atoms with Crippen molar-refractivity contribution in [2.24, 2.45) is 9.98 Å². The lowest BCUT2D eigenvalue weighted by Crippen LogP contribution is -2.08. The van der Waals surface area contributed by atoms with Crippen molar-refractivity contribution in [2.75, 3.05) is 0 Å². The summed E-state index contributed by atoms with van der Waals surface area (Å²) in [4.78, 5) is 7.82. The lowest BCUT2D eigenvalue weighted by molar-refractivity contribution is 0.445. The predicted molar refractivity (Wildman–Crippen MR) is 83.0 cm³/mol. The third kappa shape index (κ3) is 6.53. The molecule has 0 radical (unpaired) electrons. The molecule has 4 heteroatoms.